The molecule has 2 saturated heterocycles. The van der Waals surface area contributed by atoms with Gasteiger partial charge in [0.25, 0.3) is 0 Å². The topological polar surface area (TPSA) is 238 Å². The molecule has 0 aliphatic carbocycles. The first-order valence-corrected chi connectivity index (χ1v) is 15.3. The van der Waals surface area contributed by atoms with Crippen LogP contribution in [0.15, 0.2) is 54.6 Å². The van der Waals surface area contributed by atoms with Crippen molar-refractivity contribution in [1.29, 1.82) is 0 Å². The Hall–Kier alpha value is -3.66. The maximum Gasteiger partial charge on any atom is 0.344 e. The molecule has 1 aromatic rings. The first-order chi connectivity index (χ1) is 21.8. The van der Waals surface area contributed by atoms with Crippen molar-refractivity contribution in [2.24, 2.45) is 17.8 Å². The van der Waals surface area contributed by atoms with Gasteiger partial charge in [-0.3, -0.25) is 0 Å². The molecule has 2 heterocycles. The standard InChI is InChI=1S/C33H44O14/c1-17(15-19(3)21(5)34)11-12-23(35)45-26-25(37)31(14-13-18(2)24(36)20(4)16-22-9-7-6-8-10-22)46-27(28(38)39)32(44,29(40)41)33(26,47-31)30(42)43/h6-12,17,19-21,24-27,34,36-37,44H,2,13-16H2,1,3-5H3,(H,38,39)(H,40,41)(H,42,43)/b12-11+/t17-,19-,20-,21+,24-,25-,26-,27-,31-,32-,33-/m1/s1. The highest BCUT2D eigenvalue weighted by Gasteiger charge is 2.85. The van der Waals surface area contributed by atoms with E-state index in [1.54, 1.807) is 27.7 Å². The molecule has 14 heteroatoms. The van der Waals surface area contributed by atoms with Crippen LogP contribution in [0.4, 0.5) is 0 Å². The van der Waals surface area contributed by atoms with Gasteiger partial charge in [-0.05, 0) is 55.1 Å². The summed E-state index contributed by atoms with van der Waals surface area (Å²) in [6, 6.07) is 9.26. The van der Waals surface area contributed by atoms with Gasteiger partial charge in [0.1, 0.15) is 6.10 Å². The number of hydrogen-bond acceptors (Lipinski definition) is 11. The Morgan fingerprint density at radius 3 is 2.15 bits per heavy atom. The molecule has 0 spiro atoms. The summed E-state index contributed by atoms with van der Waals surface area (Å²) in [5, 5.41) is 73.8. The Kier molecular flexibility index (Phi) is 11.8. The molecule has 1 aromatic carbocycles. The number of carboxylic acids is 3. The van der Waals surface area contributed by atoms with E-state index in [0.717, 1.165) is 11.6 Å². The molecule has 0 amide bonds. The van der Waals surface area contributed by atoms with Crippen molar-refractivity contribution >= 4 is 23.9 Å². The number of hydrogen-bond donors (Lipinski definition) is 7. The van der Waals surface area contributed by atoms with Crippen LogP contribution in [0, 0.1) is 17.8 Å². The van der Waals surface area contributed by atoms with E-state index >= 15 is 0 Å². The largest absolute Gasteiger partial charge is 0.479 e. The predicted octanol–water partition coefficient (Wildman–Crippen LogP) is 1.28. The van der Waals surface area contributed by atoms with Crippen LogP contribution in [0.5, 0.6) is 0 Å². The summed E-state index contributed by atoms with van der Waals surface area (Å²) >= 11 is 0. The van der Waals surface area contributed by atoms with Crippen molar-refractivity contribution in [3.63, 3.8) is 0 Å². The van der Waals surface area contributed by atoms with E-state index in [-0.39, 0.29) is 29.7 Å². The number of aliphatic hydroxyl groups excluding tert-OH is 3. The van der Waals surface area contributed by atoms with Crippen molar-refractivity contribution in [2.75, 3.05) is 0 Å². The molecule has 7 N–H and O–H groups in total. The molecule has 11 atom stereocenters. The van der Waals surface area contributed by atoms with Crippen molar-refractivity contribution in [2.45, 2.75) is 101 Å². The fourth-order valence-corrected chi connectivity index (χ4v) is 6.20. The number of rotatable bonds is 16. The number of aliphatic carboxylic acids is 3. The summed E-state index contributed by atoms with van der Waals surface area (Å²) < 4.78 is 16.3. The average molecular weight is 665 g/mol. The Labute approximate surface area is 271 Å². The van der Waals surface area contributed by atoms with E-state index in [1.807, 2.05) is 30.3 Å². The summed E-state index contributed by atoms with van der Waals surface area (Å²) in [6.45, 7) is 10.8. The highest BCUT2D eigenvalue weighted by Crippen LogP contribution is 2.55. The van der Waals surface area contributed by atoms with E-state index in [0.29, 0.717) is 12.8 Å². The van der Waals surface area contributed by atoms with Crippen molar-refractivity contribution in [3.8, 4) is 0 Å². The normalized spacial score (nSPS) is 31.8. The van der Waals surface area contributed by atoms with Crippen LogP contribution in [-0.4, -0.2) is 107 Å². The smallest absolute Gasteiger partial charge is 0.344 e. The summed E-state index contributed by atoms with van der Waals surface area (Å²) in [6.07, 6.45) is -7.00. The van der Waals surface area contributed by atoms with Gasteiger partial charge in [-0.1, -0.05) is 63.8 Å². The number of ether oxygens (including phenoxy) is 3. The van der Waals surface area contributed by atoms with Gasteiger partial charge in [0.15, 0.2) is 6.10 Å². The maximum atomic E-state index is 13.0. The zero-order valence-corrected chi connectivity index (χ0v) is 26.7. The van der Waals surface area contributed by atoms with Crippen molar-refractivity contribution in [3.05, 3.63) is 60.2 Å². The molecule has 2 bridgehead atoms. The second-order valence-corrected chi connectivity index (χ2v) is 12.7. The Morgan fingerprint density at radius 1 is 1.00 bits per heavy atom. The molecule has 2 fully saturated rings. The van der Waals surface area contributed by atoms with E-state index in [4.69, 9.17) is 14.2 Å². The molecule has 0 unspecified atom stereocenters. The number of fused-ring (bicyclic) bond motifs is 2. The zero-order valence-electron chi connectivity index (χ0n) is 26.7. The summed E-state index contributed by atoms with van der Waals surface area (Å²) in [4.78, 5) is 50.5. The molecule has 3 rings (SSSR count). The number of aliphatic hydroxyl groups is 4. The Balaban J connectivity index is 1.96. The van der Waals surface area contributed by atoms with Crippen molar-refractivity contribution < 1.29 is 69.1 Å². The first-order valence-electron chi connectivity index (χ1n) is 15.3. The van der Waals surface area contributed by atoms with Gasteiger partial charge >= 0.3 is 23.9 Å². The molecule has 0 radical (unpaired) electrons. The van der Waals surface area contributed by atoms with E-state index < -0.39 is 77.8 Å². The predicted molar refractivity (Wildman–Crippen MR) is 163 cm³/mol. The lowest BCUT2D eigenvalue weighted by molar-refractivity contribution is -0.374. The van der Waals surface area contributed by atoms with Crippen LogP contribution in [-0.2, 0) is 39.8 Å². The minimum absolute atomic E-state index is 0.143. The van der Waals surface area contributed by atoms with Crippen LogP contribution in [0.2, 0.25) is 0 Å². The van der Waals surface area contributed by atoms with Crippen molar-refractivity contribution in [1.82, 2.24) is 0 Å². The SMILES string of the molecule is C=C(CC[C@@]12O[C@H](C(=O)O)[C@@](O)(C(=O)O)[C@@](C(=O)O)(O1)[C@H](OC(=O)/C=C/[C@@H](C)C[C@@H](C)[C@H](C)O)[C@H]2O)[C@@H](O)[C@H](C)Cc1ccccc1. The van der Waals surface area contributed by atoms with Gasteiger partial charge in [-0.25, -0.2) is 19.2 Å². The molecule has 0 saturated carbocycles. The second-order valence-electron chi connectivity index (χ2n) is 12.7. The molecule has 260 valence electrons. The number of carboxylic acid groups (broad SMARTS) is 3. The Morgan fingerprint density at radius 2 is 1.62 bits per heavy atom. The van der Waals surface area contributed by atoms with Crippen LogP contribution < -0.4 is 0 Å². The third-order valence-corrected chi connectivity index (χ3v) is 9.13. The maximum absolute atomic E-state index is 13.0. The first kappa shape index (κ1) is 37.8. The zero-order chi connectivity index (χ0) is 35.5. The minimum Gasteiger partial charge on any atom is -0.479 e. The van der Waals surface area contributed by atoms with Crippen LogP contribution in [0.1, 0.15) is 52.5 Å². The quantitative estimate of drug-likeness (QED) is 0.0749. The highest BCUT2D eigenvalue weighted by atomic mass is 16.8. The lowest BCUT2D eigenvalue weighted by Crippen LogP contribution is -2.78. The molecule has 2 aliphatic rings. The van der Waals surface area contributed by atoms with Crippen LogP contribution >= 0.6 is 0 Å². The fraction of sp³-hybridized carbons (Fsp3) is 0.576. The molecule has 14 nitrogen and oxygen atoms in total. The number of carbonyl (C=O) groups excluding carboxylic acids is 1. The average Bonchev–Trinajstić information content (AvgIpc) is 3.22. The monoisotopic (exact) mass is 664 g/mol. The molecule has 2 aliphatic heterocycles. The molecule has 47 heavy (non-hydrogen) atoms. The summed E-state index contributed by atoms with van der Waals surface area (Å²) in [7, 11) is 0. The second kappa shape index (κ2) is 14.6. The molecular weight excluding hydrogens is 620 g/mol. The van der Waals surface area contributed by atoms with Gasteiger partial charge in [-0.2, -0.15) is 0 Å². The van der Waals surface area contributed by atoms with Gasteiger partial charge < -0.3 is 50.0 Å². The highest BCUT2D eigenvalue weighted by molar-refractivity contribution is 5.98. The van der Waals surface area contributed by atoms with Crippen LogP contribution in [0.25, 0.3) is 0 Å². The van der Waals surface area contributed by atoms with Gasteiger partial charge in [0.05, 0.1) is 12.2 Å². The Bertz CT molecular complexity index is 1360. The fourth-order valence-electron chi connectivity index (χ4n) is 6.20. The van der Waals surface area contributed by atoms with E-state index in [1.165, 1.54) is 6.08 Å². The number of allylic oxidation sites excluding steroid dienone is 1. The van der Waals surface area contributed by atoms with E-state index in [2.05, 4.69) is 6.58 Å². The lowest BCUT2D eigenvalue weighted by atomic mass is 9.74. The van der Waals surface area contributed by atoms with Gasteiger partial charge in [0, 0.05) is 12.5 Å². The number of benzene rings is 1. The van der Waals surface area contributed by atoms with Gasteiger partial charge in [0.2, 0.25) is 23.1 Å². The molecular formula is C33H44O14. The molecule has 0 aromatic heterocycles. The van der Waals surface area contributed by atoms with Crippen LogP contribution in [0.3, 0.4) is 0 Å². The van der Waals surface area contributed by atoms with E-state index in [9.17, 15) is 54.9 Å². The number of carbonyl (C=O) groups is 4. The minimum atomic E-state index is -3.90. The third kappa shape index (κ3) is 7.27. The third-order valence-electron chi connectivity index (χ3n) is 9.13. The summed E-state index contributed by atoms with van der Waals surface area (Å²) in [5.41, 5.74) is -6.35. The number of esters is 1. The summed E-state index contributed by atoms with van der Waals surface area (Å²) in [5.74, 6) is -11.4. The lowest BCUT2D eigenvalue weighted by Gasteiger charge is -2.48. The van der Waals surface area contributed by atoms with Gasteiger partial charge in [-0.15, -0.1) is 0 Å².